The maximum absolute atomic E-state index is 12.2. The van der Waals surface area contributed by atoms with E-state index >= 15 is 0 Å². The number of amides is 3. The SMILES string of the molecule is CC(C)(C)NC(=O)N1CCC(NC(=O)C2CC=CCC2)CC1. The zero-order chi connectivity index (χ0) is 16.2. The highest BCUT2D eigenvalue weighted by atomic mass is 16.2. The smallest absolute Gasteiger partial charge is 0.317 e. The molecule has 0 spiro atoms. The van der Waals surface area contributed by atoms with E-state index in [2.05, 4.69) is 22.8 Å². The minimum Gasteiger partial charge on any atom is -0.353 e. The van der Waals surface area contributed by atoms with Crippen molar-refractivity contribution in [3.63, 3.8) is 0 Å². The van der Waals surface area contributed by atoms with Crippen LogP contribution in [-0.4, -0.2) is 41.5 Å². The predicted molar refractivity (Wildman–Crippen MR) is 87.5 cm³/mol. The van der Waals surface area contributed by atoms with Gasteiger partial charge in [0.15, 0.2) is 0 Å². The van der Waals surface area contributed by atoms with Crippen molar-refractivity contribution in [3.05, 3.63) is 12.2 Å². The number of nitrogens with one attached hydrogen (secondary N) is 2. The quantitative estimate of drug-likeness (QED) is 0.770. The van der Waals surface area contributed by atoms with Crippen LogP contribution in [0.2, 0.25) is 0 Å². The van der Waals surface area contributed by atoms with Crippen LogP contribution < -0.4 is 10.6 Å². The first-order valence-corrected chi connectivity index (χ1v) is 8.37. The summed E-state index contributed by atoms with van der Waals surface area (Å²) in [5, 5.41) is 6.15. The molecule has 5 nitrogen and oxygen atoms in total. The molecule has 0 aromatic carbocycles. The van der Waals surface area contributed by atoms with E-state index in [-0.39, 0.29) is 29.4 Å². The Morgan fingerprint density at radius 3 is 2.32 bits per heavy atom. The number of piperidine rings is 1. The number of nitrogens with zero attached hydrogens (tertiary/aromatic N) is 1. The summed E-state index contributed by atoms with van der Waals surface area (Å²) in [5.74, 6) is 0.314. The summed E-state index contributed by atoms with van der Waals surface area (Å²) in [6, 6.07) is 0.201. The molecule has 2 aliphatic rings. The molecule has 0 aromatic rings. The van der Waals surface area contributed by atoms with E-state index in [1.807, 2.05) is 25.7 Å². The molecular formula is C17H29N3O2. The molecule has 0 radical (unpaired) electrons. The third-order valence-electron chi connectivity index (χ3n) is 4.25. The van der Waals surface area contributed by atoms with Gasteiger partial charge in [0.1, 0.15) is 0 Å². The van der Waals surface area contributed by atoms with Gasteiger partial charge >= 0.3 is 6.03 Å². The second-order valence-electron chi connectivity index (χ2n) is 7.43. The molecule has 2 N–H and O–H groups in total. The third-order valence-corrected chi connectivity index (χ3v) is 4.25. The second kappa shape index (κ2) is 7.16. The molecule has 1 fully saturated rings. The van der Waals surface area contributed by atoms with Crippen LogP contribution in [0.3, 0.4) is 0 Å². The zero-order valence-corrected chi connectivity index (χ0v) is 14.0. The van der Waals surface area contributed by atoms with Crippen LogP contribution in [0.15, 0.2) is 12.2 Å². The fourth-order valence-corrected chi connectivity index (χ4v) is 2.98. The Morgan fingerprint density at radius 1 is 1.09 bits per heavy atom. The van der Waals surface area contributed by atoms with Crippen LogP contribution in [-0.2, 0) is 4.79 Å². The molecule has 124 valence electrons. The Hall–Kier alpha value is -1.52. The van der Waals surface area contributed by atoms with Gasteiger partial charge in [-0.1, -0.05) is 12.2 Å². The minimum absolute atomic E-state index is 0.00491. The summed E-state index contributed by atoms with van der Waals surface area (Å²) in [4.78, 5) is 26.2. The Bertz CT molecular complexity index is 432. The summed E-state index contributed by atoms with van der Waals surface area (Å²) < 4.78 is 0. The lowest BCUT2D eigenvalue weighted by Gasteiger charge is -2.35. The molecule has 5 heteroatoms. The highest BCUT2D eigenvalue weighted by Crippen LogP contribution is 2.19. The normalized spacial score (nSPS) is 23.2. The largest absolute Gasteiger partial charge is 0.353 e. The number of urea groups is 1. The van der Waals surface area contributed by atoms with Crippen LogP contribution in [0.1, 0.15) is 52.9 Å². The molecule has 22 heavy (non-hydrogen) atoms. The van der Waals surface area contributed by atoms with Crippen molar-refractivity contribution in [3.8, 4) is 0 Å². The summed E-state index contributed by atoms with van der Waals surface area (Å²) in [6.45, 7) is 7.36. The van der Waals surface area contributed by atoms with Crippen LogP contribution >= 0.6 is 0 Å². The van der Waals surface area contributed by atoms with Crippen molar-refractivity contribution in [2.75, 3.05) is 13.1 Å². The molecule has 0 aromatic heterocycles. The average molecular weight is 307 g/mol. The Kier molecular flexibility index (Phi) is 5.48. The van der Waals surface area contributed by atoms with Crippen molar-refractivity contribution in [2.24, 2.45) is 5.92 Å². The van der Waals surface area contributed by atoms with Crippen molar-refractivity contribution >= 4 is 11.9 Å². The van der Waals surface area contributed by atoms with Gasteiger partial charge in [-0.2, -0.15) is 0 Å². The molecule has 1 atom stereocenters. The summed E-state index contributed by atoms with van der Waals surface area (Å²) in [5.41, 5.74) is -0.212. The molecule has 0 bridgehead atoms. The van der Waals surface area contributed by atoms with Gasteiger partial charge in [-0.3, -0.25) is 4.79 Å². The monoisotopic (exact) mass is 307 g/mol. The first-order valence-electron chi connectivity index (χ1n) is 8.37. The zero-order valence-electron chi connectivity index (χ0n) is 14.0. The predicted octanol–water partition coefficient (Wildman–Crippen LogP) is 2.43. The molecular weight excluding hydrogens is 278 g/mol. The first kappa shape index (κ1) is 16.8. The minimum atomic E-state index is -0.212. The van der Waals surface area contributed by atoms with Crippen LogP contribution in [0.4, 0.5) is 4.79 Å². The fourth-order valence-electron chi connectivity index (χ4n) is 2.98. The summed E-state index contributed by atoms with van der Waals surface area (Å²) in [7, 11) is 0. The van der Waals surface area contributed by atoms with E-state index in [0.29, 0.717) is 13.1 Å². The Labute approximate surface area is 133 Å². The van der Waals surface area contributed by atoms with Crippen LogP contribution in [0, 0.1) is 5.92 Å². The van der Waals surface area contributed by atoms with Gasteiger partial charge in [0.2, 0.25) is 5.91 Å². The average Bonchev–Trinajstić information content (AvgIpc) is 2.47. The van der Waals surface area contributed by atoms with E-state index in [1.165, 1.54) is 0 Å². The van der Waals surface area contributed by atoms with Gasteiger partial charge in [0, 0.05) is 30.6 Å². The number of rotatable bonds is 2. The Morgan fingerprint density at radius 2 is 1.77 bits per heavy atom. The number of likely N-dealkylation sites (tertiary alicyclic amines) is 1. The van der Waals surface area contributed by atoms with Gasteiger partial charge in [-0.05, 0) is 52.9 Å². The lowest BCUT2D eigenvalue weighted by Crippen LogP contribution is -2.53. The number of allylic oxidation sites excluding steroid dienone is 2. The van der Waals surface area contributed by atoms with E-state index in [9.17, 15) is 9.59 Å². The van der Waals surface area contributed by atoms with Gasteiger partial charge in [0.05, 0.1) is 0 Å². The molecule has 0 saturated carbocycles. The fraction of sp³-hybridized carbons (Fsp3) is 0.765. The summed E-state index contributed by atoms with van der Waals surface area (Å²) >= 11 is 0. The highest BCUT2D eigenvalue weighted by Gasteiger charge is 2.27. The molecule has 1 heterocycles. The van der Waals surface area contributed by atoms with E-state index in [4.69, 9.17) is 0 Å². The maximum Gasteiger partial charge on any atom is 0.317 e. The molecule has 1 aliphatic carbocycles. The standard InChI is InChI=1S/C17H29N3O2/c1-17(2,3)19-16(22)20-11-9-14(10-12-20)18-15(21)13-7-5-4-6-8-13/h4-5,13-14H,6-12H2,1-3H3,(H,18,21)(H,19,22). The second-order valence-corrected chi connectivity index (χ2v) is 7.43. The van der Waals surface area contributed by atoms with Crippen molar-refractivity contribution in [2.45, 2.75) is 64.5 Å². The molecule has 1 unspecified atom stereocenters. The maximum atomic E-state index is 12.2. The van der Waals surface area contributed by atoms with E-state index in [1.54, 1.807) is 0 Å². The van der Waals surface area contributed by atoms with Crippen molar-refractivity contribution in [1.29, 1.82) is 0 Å². The van der Waals surface area contributed by atoms with Crippen molar-refractivity contribution in [1.82, 2.24) is 15.5 Å². The number of carbonyl (C=O) groups is 2. The number of carbonyl (C=O) groups excluding carboxylic acids is 2. The molecule has 1 saturated heterocycles. The number of hydrogen-bond acceptors (Lipinski definition) is 2. The summed E-state index contributed by atoms with van der Waals surface area (Å²) in [6.07, 6.45) is 8.75. The van der Waals surface area contributed by atoms with Gasteiger partial charge in [0.25, 0.3) is 0 Å². The molecule has 2 rings (SSSR count). The van der Waals surface area contributed by atoms with Gasteiger partial charge in [-0.25, -0.2) is 4.79 Å². The Balaban J connectivity index is 1.74. The number of hydrogen-bond donors (Lipinski definition) is 2. The van der Waals surface area contributed by atoms with Crippen LogP contribution in [0.5, 0.6) is 0 Å². The van der Waals surface area contributed by atoms with Gasteiger partial charge in [-0.15, -0.1) is 0 Å². The van der Waals surface area contributed by atoms with Crippen LogP contribution in [0.25, 0.3) is 0 Å². The lowest BCUT2D eigenvalue weighted by molar-refractivity contribution is -0.126. The third kappa shape index (κ3) is 5.04. The molecule has 1 aliphatic heterocycles. The first-order chi connectivity index (χ1) is 10.3. The van der Waals surface area contributed by atoms with Crippen molar-refractivity contribution < 1.29 is 9.59 Å². The topological polar surface area (TPSA) is 61.4 Å². The van der Waals surface area contributed by atoms with E-state index in [0.717, 1.165) is 32.1 Å². The van der Waals surface area contributed by atoms with E-state index < -0.39 is 0 Å². The van der Waals surface area contributed by atoms with Gasteiger partial charge < -0.3 is 15.5 Å². The lowest BCUT2D eigenvalue weighted by atomic mass is 9.93. The highest BCUT2D eigenvalue weighted by molar-refractivity contribution is 5.79. The molecule has 3 amide bonds.